The van der Waals surface area contributed by atoms with E-state index in [0.29, 0.717) is 23.7 Å². The van der Waals surface area contributed by atoms with E-state index >= 15 is 0 Å². The van der Waals surface area contributed by atoms with Gasteiger partial charge in [0.2, 0.25) is 11.8 Å². The molecular formula is C18H20N2O3. The third-order valence-corrected chi connectivity index (χ3v) is 3.14. The maximum Gasteiger partial charge on any atom is 0.226 e. The summed E-state index contributed by atoms with van der Waals surface area (Å²) in [6.07, 6.45) is 0.207. The number of hydrogen-bond donors (Lipinski definition) is 2. The van der Waals surface area contributed by atoms with E-state index in [-0.39, 0.29) is 18.2 Å². The molecule has 0 aliphatic carbocycles. The van der Waals surface area contributed by atoms with Gasteiger partial charge in [0.05, 0.1) is 5.69 Å². The maximum atomic E-state index is 11.9. The Morgan fingerprint density at radius 2 is 1.74 bits per heavy atom. The van der Waals surface area contributed by atoms with Crippen LogP contribution < -0.4 is 15.4 Å². The van der Waals surface area contributed by atoms with Crippen molar-refractivity contribution >= 4 is 17.5 Å². The normalized spacial score (nSPS) is 10.0. The Hall–Kier alpha value is -2.82. The number of rotatable bonds is 6. The van der Waals surface area contributed by atoms with Gasteiger partial charge in [0, 0.05) is 19.9 Å². The van der Waals surface area contributed by atoms with Crippen molar-refractivity contribution < 1.29 is 14.3 Å². The van der Waals surface area contributed by atoms with Gasteiger partial charge < -0.3 is 15.4 Å². The van der Waals surface area contributed by atoms with Gasteiger partial charge >= 0.3 is 0 Å². The molecule has 5 heteroatoms. The molecule has 0 heterocycles. The largest absolute Gasteiger partial charge is 0.455 e. The van der Waals surface area contributed by atoms with Crippen molar-refractivity contribution in [1.82, 2.24) is 5.32 Å². The van der Waals surface area contributed by atoms with Crippen LogP contribution in [0.1, 0.15) is 18.9 Å². The first kappa shape index (κ1) is 16.5. The summed E-state index contributed by atoms with van der Waals surface area (Å²) in [5.74, 6) is 0.944. The van der Waals surface area contributed by atoms with E-state index in [4.69, 9.17) is 4.74 Å². The number of anilines is 1. The lowest BCUT2D eigenvalue weighted by Crippen LogP contribution is -2.25. The number of aryl methyl sites for hydroxylation is 1. The zero-order chi connectivity index (χ0) is 16.7. The van der Waals surface area contributed by atoms with Crippen LogP contribution in [-0.2, 0) is 9.59 Å². The zero-order valence-corrected chi connectivity index (χ0v) is 13.3. The van der Waals surface area contributed by atoms with Gasteiger partial charge in [0.1, 0.15) is 5.75 Å². The fraction of sp³-hybridized carbons (Fsp3) is 0.222. The Morgan fingerprint density at radius 1 is 1.04 bits per heavy atom. The second-order valence-electron chi connectivity index (χ2n) is 5.19. The van der Waals surface area contributed by atoms with Gasteiger partial charge in [0.15, 0.2) is 5.75 Å². The van der Waals surface area contributed by atoms with Crippen LogP contribution in [0.2, 0.25) is 0 Å². The first-order chi connectivity index (χ1) is 11.0. The van der Waals surface area contributed by atoms with Gasteiger partial charge in [-0.3, -0.25) is 9.59 Å². The summed E-state index contributed by atoms with van der Waals surface area (Å²) in [5.41, 5.74) is 1.75. The predicted molar refractivity (Wildman–Crippen MR) is 89.6 cm³/mol. The molecule has 0 aliphatic heterocycles. The van der Waals surface area contributed by atoms with Crippen molar-refractivity contribution in [3.05, 3.63) is 54.1 Å². The maximum absolute atomic E-state index is 11.9. The zero-order valence-electron chi connectivity index (χ0n) is 13.3. The highest BCUT2D eigenvalue weighted by atomic mass is 16.5. The average Bonchev–Trinajstić information content (AvgIpc) is 2.51. The molecule has 0 spiro atoms. The molecule has 0 aromatic heterocycles. The lowest BCUT2D eigenvalue weighted by Gasteiger charge is -2.12. The Morgan fingerprint density at radius 3 is 2.43 bits per heavy atom. The van der Waals surface area contributed by atoms with Crippen molar-refractivity contribution in [2.24, 2.45) is 0 Å². The molecule has 2 rings (SSSR count). The molecule has 0 atom stereocenters. The number of carbonyl (C=O) groups is 2. The van der Waals surface area contributed by atoms with E-state index in [1.165, 1.54) is 6.92 Å². The first-order valence-electron chi connectivity index (χ1n) is 7.42. The first-order valence-corrected chi connectivity index (χ1v) is 7.42. The molecule has 0 aliphatic rings. The standard InChI is InChI=1S/C18H20N2O3/c1-13-7-9-15(10-8-13)23-17-6-4-3-5-16(17)20-18(22)11-12-19-14(2)21/h3-10H,11-12H2,1-2H3,(H,19,21)(H,20,22). The molecule has 2 aromatic rings. The molecule has 0 radical (unpaired) electrons. The van der Waals surface area contributed by atoms with Gasteiger partial charge in [-0.25, -0.2) is 0 Å². The van der Waals surface area contributed by atoms with E-state index in [1.807, 2.05) is 43.3 Å². The summed E-state index contributed by atoms with van der Waals surface area (Å²) in [4.78, 5) is 22.7. The van der Waals surface area contributed by atoms with Crippen molar-refractivity contribution in [3.63, 3.8) is 0 Å². The summed E-state index contributed by atoms with van der Waals surface area (Å²) in [5, 5.41) is 5.39. The third kappa shape index (κ3) is 5.47. The minimum absolute atomic E-state index is 0.152. The average molecular weight is 312 g/mol. The summed E-state index contributed by atoms with van der Waals surface area (Å²) in [7, 11) is 0. The molecule has 2 N–H and O–H groups in total. The number of ether oxygens (including phenoxy) is 1. The van der Waals surface area contributed by atoms with Crippen LogP contribution in [0.4, 0.5) is 5.69 Å². The lowest BCUT2D eigenvalue weighted by atomic mass is 10.2. The van der Waals surface area contributed by atoms with Crippen molar-refractivity contribution in [2.45, 2.75) is 20.3 Å². The Balaban J connectivity index is 2.01. The summed E-state index contributed by atoms with van der Waals surface area (Å²) in [6, 6.07) is 14.9. The molecule has 23 heavy (non-hydrogen) atoms. The number of amides is 2. The van der Waals surface area contributed by atoms with E-state index in [2.05, 4.69) is 10.6 Å². The van der Waals surface area contributed by atoms with Gasteiger partial charge in [-0.1, -0.05) is 29.8 Å². The molecule has 5 nitrogen and oxygen atoms in total. The molecule has 2 aromatic carbocycles. The van der Waals surface area contributed by atoms with E-state index in [0.717, 1.165) is 5.56 Å². The van der Waals surface area contributed by atoms with Gasteiger partial charge in [-0.15, -0.1) is 0 Å². The van der Waals surface area contributed by atoms with Gasteiger partial charge in [-0.05, 0) is 31.2 Å². The number of carbonyl (C=O) groups excluding carboxylic acids is 2. The molecule has 0 unspecified atom stereocenters. The topological polar surface area (TPSA) is 67.4 Å². The number of benzene rings is 2. The molecule has 0 fully saturated rings. The van der Waals surface area contributed by atoms with Crippen molar-refractivity contribution in [1.29, 1.82) is 0 Å². The van der Waals surface area contributed by atoms with E-state index in [9.17, 15) is 9.59 Å². The summed E-state index contributed by atoms with van der Waals surface area (Å²) < 4.78 is 5.82. The highest BCUT2D eigenvalue weighted by molar-refractivity contribution is 5.92. The van der Waals surface area contributed by atoms with Crippen molar-refractivity contribution in [2.75, 3.05) is 11.9 Å². The Labute approximate surface area is 135 Å². The van der Waals surface area contributed by atoms with E-state index in [1.54, 1.807) is 12.1 Å². The minimum atomic E-state index is -0.182. The number of hydrogen-bond acceptors (Lipinski definition) is 3. The van der Waals surface area contributed by atoms with Crippen LogP contribution in [0.5, 0.6) is 11.5 Å². The second-order valence-corrected chi connectivity index (χ2v) is 5.19. The Kier molecular flexibility index (Phi) is 5.74. The smallest absolute Gasteiger partial charge is 0.226 e. The van der Waals surface area contributed by atoms with Gasteiger partial charge in [0.25, 0.3) is 0 Å². The predicted octanol–water partition coefficient (Wildman–Crippen LogP) is 3.25. The highest BCUT2D eigenvalue weighted by Crippen LogP contribution is 2.29. The molecular weight excluding hydrogens is 292 g/mol. The third-order valence-electron chi connectivity index (χ3n) is 3.14. The number of para-hydroxylation sites is 2. The van der Waals surface area contributed by atoms with E-state index < -0.39 is 0 Å². The number of nitrogens with one attached hydrogen (secondary N) is 2. The summed E-state index contributed by atoms with van der Waals surface area (Å²) in [6.45, 7) is 3.73. The van der Waals surface area contributed by atoms with Crippen LogP contribution in [0.3, 0.4) is 0 Å². The Bertz CT molecular complexity index is 681. The summed E-state index contributed by atoms with van der Waals surface area (Å²) >= 11 is 0. The quantitative estimate of drug-likeness (QED) is 0.860. The van der Waals surface area contributed by atoms with Gasteiger partial charge in [-0.2, -0.15) is 0 Å². The van der Waals surface area contributed by atoms with Crippen LogP contribution >= 0.6 is 0 Å². The SMILES string of the molecule is CC(=O)NCCC(=O)Nc1ccccc1Oc1ccc(C)cc1. The van der Waals surface area contributed by atoms with Crippen LogP contribution in [0, 0.1) is 6.92 Å². The fourth-order valence-corrected chi connectivity index (χ4v) is 1.96. The van der Waals surface area contributed by atoms with Crippen LogP contribution in [0.25, 0.3) is 0 Å². The molecule has 2 amide bonds. The fourth-order valence-electron chi connectivity index (χ4n) is 1.96. The highest BCUT2D eigenvalue weighted by Gasteiger charge is 2.08. The monoisotopic (exact) mass is 312 g/mol. The molecule has 0 saturated heterocycles. The van der Waals surface area contributed by atoms with Crippen LogP contribution in [-0.4, -0.2) is 18.4 Å². The van der Waals surface area contributed by atoms with Crippen LogP contribution in [0.15, 0.2) is 48.5 Å². The van der Waals surface area contributed by atoms with Crippen molar-refractivity contribution in [3.8, 4) is 11.5 Å². The minimum Gasteiger partial charge on any atom is -0.455 e. The second kappa shape index (κ2) is 7.98. The molecule has 120 valence electrons. The molecule has 0 saturated carbocycles. The lowest BCUT2D eigenvalue weighted by molar-refractivity contribution is -0.119. The molecule has 0 bridgehead atoms.